The van der Waals surface area contributed by atoms with Gasteiger partial charge in [0.15, 0.2) is 5.96 Å². The van der Waals surface area contributed by atoms with Crippen LogP contribution in [0.4, 0.5) is 0 Å². The maximum absolute atomic E-state index is 5.79. The van der Waals surface area contributed by atoms with Crippen LogP contribution in [0, 0.1) is 5.92 Å². The third-order valence-electron chi connectivity index (χ3n) is 2.55. The summed E-state index contributed by atoms with van der Waals surface area (Å²) in [5.74, 6) is 0.986. The van der Waals surface area contributed by atoms with Gasteiger partial charge in [-0.25, -0.2) is 0 Å². The summed E-state index contributed by atoms with van der Waals surface area (Å²) >= 11 is 0. The SMILES string of the molecule is COC(CNC(N)=NCC(C)C)c1ccccc1.I. The monoisotopic (exact) mass is 377 g/mol. The number of hydrogen-bond acceptors (Lipinski definition) is 2. The number of guanidine groups is 1. The lowest BCUT2D eigenvalue weighted by Gasteiger charge is -2.16. The highest BCUT2D eigenvalue weighted by molar-refractivity contribution is 14.0. The standard InChI is InChI=1S/C14H23N3O.HI/c1-11(2)9-16-14(15)17-10-13(18-3)12-7-5-4-6-8-12;/h4-8,11,13H,9-10H2,1-3H3,(H3,15,16,17);1H. The largest absolute Gasteiger partial charge is 0.375 e. The Morgan fingerprint density at radius 1 is 1.32 bits per heavy atom. The highest BCUT2D eigenvalue weighted by Crippen LogP contribution is 2.14. The number of halogens is 1. The van der Waals surface area contributed by atoms with Gasteiger partial charge in [-0.15, -0.1) is 24.0 Å². The summed E-state index contributed by atoms with van der Waals surface area (Å²) in [6.45, 7) is 5.58. The van der Waals surface area contributed by atoms with E-state index in [4.69, 9.17) is 10.5 Å². The lowest BCUT2D eigenvalue weighted by molar-refractivity contribution is 0.106. The van der Waals surface area contributed by atoms with Gasteiger partial charge in [-0.1, -0.05) is 44.2 Å². The van der Waals surface area contributed by atoms with Crippen molar-refractivity contribution in [3.63, 3.8) is 0 Å². The lowest BCUT2D eigenvalue weighted by Crippen LogP contribution is -2.35. The smallest absolute Gasteiger partial charge is 0.188 e. The summed E-state index contributed by atoms with van der Waals surface area (Å²) in [5.41, 5.74) is 6.92. The molecule has 5 heteroatoms. The molecule has 0 bridgehead atoms. The van der Waals surface area contributed by atoms with E-state index in [1.165, 1.54) is 0 Å². The molecular weight excluding hydrogens is 353 g/mol. The molecule has 3 N–H and O–H groups in total. The number of hydrogen-bond donors (Lipinski definition) is 2. The minimum Gasteiger partial charge on any atom is -0.375 e. The summed E-state index contributed by atoms with van der Waals surface area (Å²) < 4.78 is 5.44. The molecule has 4 nitrogen and oxygen atoms in total. The van der Waals surface area contributed by atoms with Crippen LogP contribution in [0.5, 0.6) is 0 Å². The van der Waals surface area contributed by atoms with Gasteiger partial charge in [0.25, 0.3) is 0 Å². The van der Waals surface area contributed by atoms with Crippen LogP contribution in [0.1, 0.15) is 25.5 Å². The van der Waals surface area contributed by atoms with Crippen molar-refractivity contribution < 1.29 is 4.74 Å². The molecule has 0 saturated heterocycles. The van der Waals surface area contributed by atoms with Gasteiger partial charge in [-0.2, -0.15) is 0 Å². The molecule has 0 heterocycles. The normalized spacial score (nSPS) is 12.9. The van der Waals surface area contributed by atoms with Crippen molar-refractivity contribution in [2.75, 3.05) is 20.2 Å². The van der Waals surface area contributed by atoms with Crippen LogP contribution >= 0.6 is 24.0 Å². The molecule has 0 aliphatic rings. The van der Waals surface area contributed by atoms with E-state index in [2.05, 4.69) is 24.2 Å². The molecule has 0 aliphatic carbocycles. The van der Waals surface area contributed by atoms with Gasteiger partial charge < -0.3 is 15.8 Å². The average Bonchev–Trinajstić information content (AvgIpc) is 2.38. The molecule has 19 heavy (non-hydrogen) atoms. The molecule has 1 rings (SSSR count). The van der Waals surface area contributed by atoms with E-state index in [1.54, 1.807) is 7.11 Å². The topological polar surface area (TPSA) is 59.6 Å². The highest BCUT2D eigenvalue weighted by atomic mass is 127. The van der Waals surface area contributed by atoms with E-state index in [-0.39, 0.29) is 30.1 Å². The number of nitrogens with zero attached hydrogens (tertiary/aromatic N) is 1. The maximum atomic E-state index is 5.79. The number of nitrogens with two attached hydrogens (primary N) is 1. The molecule has 1 unspecified atom stereocenters. The van der Waals surface area contributed by atoms with E-state index in [9.17, 15) is 0 Å². The van der Waals surface area contributed by atoms with Crippen LogP contribution in [0.15, 0.2) is 35.3 Å². The Bertz CT molecular complexity index is 368. The van der Waals surface area contributed by atoms with Crippen molar-refractivity contribution in [2.45, 2.75) is 20.0 Å². The van der Waals surface area contributed by atoms with Gasteiger partial charge in [0.2, 0.25) is 0 Å². The van der Waals surface area contributed by atoms with E-state index in [0.717, 1.165) is 12.1 Å². The molecular formula is C14H24IN3O. The van der Waals surface area contributed by atoms with Crippen molar-refractivity contribution in [1.29, 1.82) is 0 Å². The molecule has 0 aliphatic heterocycles. The van der Waals surface area contributed by atoms with Crippen LogP contribution in [-0.2, 0) is 4.74 Å². The highest BCUT2D eigenvalue weighted by Gasteiger charge is 2.09. The quantitative estimate of drug-likeness (QED) is 0.455. The van der Waals surface area contributed by atoms with Gasteiger partial charge in [0.05, 0.1) is 6.10 Å². The van der Waals surface area contributed by atoms with Crippen LogP contribution < -0.4 is 11.1 Å². The van der Waals surface area contributed by atoms with E-state index in [0.29, 0.717) is 18.4 Å². The molecule has 0 saturated carbocycles. The van der Waals surface area contributed by atoms with Crippen LogP contribution in [-0.4, -0.2) is 26.2 Å². The number of rotatable bonds is 6. The Morgan fingerprint density at radius 3 is 2.47 bits per heavy atom. The van der Waals surface area contributed by atoms with Gasteiger partial charge in [0.1, 0.15) is 0 Å². The average molecular weight is 377 g/mol. The van der Waals surface area contributed by atoms with Crippen LogP contribution in [0.3, 0.4) is 0 Å². The second kappa shape index (κ2) is 10.0. The zero-order valence-corrected chi connectivity index (χ0v) is 14.1. The van der Waals surface area contributed by atoms with E-state index < -0.39 is 0 Å². The van der Waals surface area contributed by atoms with Crippen molar-refractivity contribution in [1.82, 2.24) is 5.32 Å². The first-order valence-electron chi connectivity index (χ1n) is 6.25. The lowest BCUT2D eigenvalue weighted by atomic mass is 10.1. The summed E-state index contributed by atoms with van der Waals surface area (Å²) in [4.78, 5) is 4.25. The predicted octanol–water partition coefficient (Wildman–Crippen LogP) is 2.55. The third-order valence-corrected chi connectivity index (χ3v) is 2.55. The molecule has 1 aromatic rings. The molecule has 108 valence electrons. The zero-order valence-electron chi connectivity index (χ0n) is 11.8. The Balaban J connectivity index is 0.00000324. The molecule has 0 fully saturated rings. The fourth-order valence-electron chi connectivity index (χ4n) is 1.54. The first kappa shape index (κ1) is 18.2. The molecule has 0 amide bonds. The number of methoxy groups -OCH3 is 1. The second-order valence-corrected chi connectivity index (χ2v) is 4.64. The molecule has 1 atom stereocenters. The number of ether oxygens (including phenoxy) is 1. The molecule has 0 spiro atoms. The predicted molar refractivity (Wildman–Crippen MR) is 90.9 cm³/mol. The summed E-state index contributed by atoms with van der Waals surface area (Å²) in [6.07, 6.45) is -0.0148. The number of benzene rings is 1. The van der Waals surface area contributed by atoms with Gasteiger partial charge >= 0.3 is 0 Å². The van der Waals surface area contributed by atoms with Gasteiger partial charge in [-0.3, -0.25) is 4.99 Å². The summed E-state index contributed by atoms with van der Waals surface area (Å²) in [7, 11) is 1.70. The summed E-state index contributed by atoms with van der Waals surface area (Å²) in [6, 6.07) is 10.1. The second-order valence-electron chi connectivity index (χ2n) is 4.64. The number of nitrogens with one attached hydrogen (secondary N) is 1. The molecule has 0 aromatic heterocycles. The molecule has 1 aromatic carbocycles. The van der Waals surface area contributed by atoms with Crippen molar-refractivity contribution >= 4 is 29.9 Å². The van der Waals surface area contributed by atoms with Crippen molar-refractivity contribution in [3.8, 4) is 0 Å². The minimum absolute atomic E-state index is 0. The Hall–Kier alpha value is -0.820. The minimum atomic E-state index is -0.0148. The fourth-order valence-corrected chi connectivity index (χ4v) is 1.54. The molecule has 0 radical (unpaired) electrons. The Kier molecular flexibility index (Phi) is 9.59. The zero-order chi connectivity index (χ0) is 13.4. The van der Waals surface area contributed by atoms with Crippen LogP contribution in [0.2, 0.25) is 0 Å². The van der Waals surface area contributed by atoms with Gasteiger partial charge in [-0.05, 0) is 11.5 Å². The maximum Gasteiger partial charge on any atom is 0.188 e. The first-order valence-corrected chi connectivity index (χ1v) is 6.25. The third kappa shape index (κ3) is 7.37. The Morgan fingerprint density at radius 2 is 1.95 bits per heavy atom. The van der Waals surface area contributed by atoms with E-state index in [1.807, 2.05) is 30.3 Å². The first-order chi connectivity index (χ1) is 8.63. The summed E-state index contributed by atoms with van der Waals surface area (Å²) in [5, 5.41) is 3.09. The van der Waals surface area contributed by atoms with Crippen molar-refractivity contribution in [3.05, 3.63) is 35.9 Å². The number of aliphatic imine (C=N–C) groups is 1. The van der Waals surface area contributed by atoms with Crippen molar-refractivity contribution in [2.24, 2.45) is 16.6 Å². The van der Waals surface area contributed by atoms with Crippen LogP contribution in [0.25, 0.3) is 0 Å². The van der Waals surface area contributed by atoms with E-state index >= 15 is 0 Å². The Labute approximate surface area is 132 Å². The van der Waals surface area contributed by atoms with Gasteiger partial charge in [0, 0.05) is 20.2 Å². The fraction of sp³-hybridized carbons (Fsp3) is 0.500.